The minimum atomic E-state index is 0.756. The molecule has 1 heterocycles. The Hall–Kier alpha value is 0.0900. The van der Waals surface area contributed by atoms with Gasteiger partial charge in [0.15, 0.2) is 0 Å². The summed E-state index contributed by atoms with van der Waals surface area (Å²) in [5.41, 5.74) is 0.756. The van der Waals surface area contributed by atoms with E-state index in [2.05, 4.69) is 24.4 Å². The van der Waals surface area contributed by atoms with Gasteiger partial charge >= 0.3 is 0 Å². The Morgan fingerprint density at radius 3 is 3.00 bits per heavy atom. The summed E-state index contributed by atoms with van der Waals surface area (Å²) in [7, 11) is 0. The Bertz CT molecular complexity index is 134. The van der Waals surface area contributed by atoms with Gasteiger partial charge in [-0.25, -0.2) is 0 Å². The lowest BCUT2D eigenvalue weighted by atomic mass is 10.0. The smallest absolute Gasteiger partial charge is 0.000465 e. The van der Waals surface area contributed by atoms with Gasteiger partial charge in [-0.05, 0) is 35.7 Å². The van der Waals surface area contributed by atoms with Crippen LogP contribution in [0.25, 0.3) is 0 Å². The van der Waals surface area contributed by atoms with Crippen molar-refractivity contribution in [2.24, 2.45) is 11.3 Å². The van der Waals surface area contributed by atoms with Gasteiger partial charge in [-0.1, -0.05) is 6.08 Å². The van der Waals surface area contributed by atoms with Gasteiger partial charge in [0.1, 0.15) is 0 Å². The van der Waals surface area contributed by atoms with Crippen LogP contribution in [0.1, 0.15) is 12.8 Å². The van der Waals surface area contributed by atoms with Crippen molar-refractivity contribution < 1.29 is 0 Å². The molecule has 1 saturated heterocycles. The van der Waals surface area contributed by atoms with E-state index >= 15 is 0 Å². The lowest BCUT2D eigenvalue weighted by Gasteiger charge is -2.01. The Morgan fingerprint density at radius 2 is 2.56 bits per heavy atom. The average Bonchev–Trinajstić information content (AvgIpc) is 2.30. The molecule has 1 saturated carbocycles. The first-order valence-corrected chi connectivity index (χ1v) is 4.73. The molecule has 1 heteroatoms. The van der Waals surface area contributed by atoms with E-state index in [1.807, 2.05) is 0 Å². The molecule has 1 aliphatic carbocycles. The van der Waals surface area contributed by atoms with Crippen LogP contribution in [0.2, 0.25) is 0 Å². The van der Waals surface area contributed by atoms with Crippen molar-refractivity contribution in [2.75, 3.05) is 11.5 Å². The molecule has 2 rings (SSSR count). The van der Waals surface area contributed by atoms with E-state index in [1.54, 1.807) is 0 Å². The van der Waals surface area contributed by atoms with Crippen molar-refractivity contribution in [2.45, 2.75) is 12.8 Å². The molecule has 2 fully saturated rings. The van der Waals surface area contributed by atoms with Gasteiger partial charge in [0.05, 0.1) is 0 Å². The highest BCUT2D eigenvalue weighted by Crippen LogP contribution is 2.61. The molecular weight excluding hydrogens is 128 g/mol. The van der Waals surface area contributed by atoms with E-state index in [0.717, 1.165) is 11.3 Å². The average molecular weight is 140 g/mol. The molecule has 0 amide bonds. The topological polar surface area (TPSA) is 0 Å². The van der Waals surface area contributed by atoms with E-state index in [-0.39, 0.29) is 0 Å². The Balaban J connectivity index is 2.04. The third-order valence-corrected chi connectivity index (χ3v) is 3.94. The normalized spacial score (nSPS) is 47.8. The predicted molar refractivity (Wildman–Crippen MR) is 42.7 cm³/mol. The van der Waals surface area contributed by atoms with Crippen LogP contribution in [-0.4, -0.2) is 11.5 Å². The van der Waals surface area contributed by atoms with Crippen molar-refractivity contribution in [3.63, 3.8) is 0 Å². The largest absolute Gasteiger partial charge is 0.161 e. The van der Waals surface area contributed by atoms with E-state index in [1.165, 1.54) is 24.3 Å². The summed E-state index contributed by atoms with van der Waals surface area (Å²) < 4.78 is 0. The maximum Gasteiger partial charge on any atom is -0.000465 e. The number of allylic oxidation sites excluding steroid dienone is 1. The summed E-state index contributed by atoms with van der Waals surface area (Å²) in [4.78, 5) is 0. The minimum absolute atomic E-state index is 0.756. The first-order valence-electron chi connectivity index (χ1n) is 3.58. The van der Waals surface area contributed by atoms with Gasteiger partial charge in [0, 0.05) is 0 Å². The van der Waals surface area contributed by atoms with Crippen molar-refractivity contribution in [3.05, 3.63) is 12.7 Å². The summed E-state index contributed by atoms with van der Waals surface area (Å²) in [6.07, 6.45) is 5.03. The number of rotatable bonds is 1. The van der Waals surface area contributed by atoms with E-state index < -0.39 is 0 Å². The van der Waals surface area contributed by atoms with E-state index in [9.17, 15) is 0 Å². The van der Waals surface area contributed by atoms with Gasteiger partial charge in [0.2, 0.25) is 0 Å². The van der Waals surface area contributed by atoms with Crippen LogP contribution in [0.4, 0.5) is 0 Å². The molecule has 0 radical (unpaired) electrons. The molecule has 0 aromatic rings. The van der Waals surface area contributed by atoms with Gasteiger partial charge in [0.25, 0.3) is 0 Å². The summed E-state index contributed by atoms with van der Waals surface area (Å²) in [5, 5.41) is 0. The second-order valence-electron chi connectivity index (χ2n) is 3.21. The van der Waals surface area contributed by atoms with Crippen LogP contribution >= 0.6 is 11.8 Å². The molecule has 1 spiro atoms. The maximum atomic E-state index is 3.83. The van der Waals surface area contributed by atoms with Gasteiger partial charge in [-0.3, -0.25) is 0 Å². The third kappa shape index (κ3) is 0.743. The quantitative estimate of drug-likeness (QED) is 0.504. The molecule has 1 unspecified atom stereocenters. The molecule has 9 heavy (non-hydrogen) atoms. The minimum Gasteiger partial charge on any atom is -0.161 e. The highest BCUT2D eigenvalue weighted by Gasteiger charge is 2.53. The van der Waals surface area contributed by atoms with Crippen LogP contribution < -0.4 is 0 Å². The van der Waals surface area contributed by atoms with E-state index in [4.69, 9.17) is 0 Å². The fourth-order valence-electron chi connectivity index (χ4n) is 1.79. The lowest BCUT2D eigenvalue weighted by Crippen LogP contribution is -1.98. The van der Waals surface area contributed by atoms with Crippen LogP contribution in [0.5, 0.6) is 0 Å². The fourth-order valence-corrected chi connectivity index (χ4v) is 3.37. The fraction of sp³-hybridized carbons (Fsp3) is 0.750. The molecule has 0 aromatic heterocycles. The summed E-state index contributed by atoms with van der Waals surface area (Å²) in [5.74, 6) is 3.68. The SMILES string of the molecule is C=CC1C[C@]12CCSC2. The molecule has 1 aliphatic heterocycles. The summed E-state index contributed by atoms with van der Waals surface area (Å²) in [6.45, 7) is 3.83. The standard InChI is InChI=1S/C8H12S/c1-2-7-5-8(7)3-4-9-6-8/h2,7H,1,3-6H2/t7?,8-/m0/s1. The predicted octanol–water partition coefficient (Wildman–Crippen LogP) is 2.32. The first kappa shape index (κ1) is 5.84. The van der Waals surface area contributed by atoms with Crippen LogP contribution in [0, 0.1) is 11.3 Å². The molecule has 0 aromatic carbocycles. The zero-order valence-electron chi connectivity index (χ0n) is 5.60. The van der Waals surface area contributed by atoms with Crippen LogP contribution in [-0.2, 0) is 0 Å². The van der Waals surface area contributed by atoms with Crippen molar-refractivity contribution in [1.82, 2.24) is 0 Å². The van der Waals surface area contributed by atoms with Gasteiger partial charge < -0.3 is 0 Å². The Kier molecular flexibility index (Phi) is 1.16. The second kappa shape index (κ2) is 1.79. The highest BCUT2D eigenvalue weighted by atomic mass is 32.2. The summed E-state index contributed by atoms with van der Waals surface area (Å²) in [6, 6.07) is 0. The van der Waals surface area contributed by atoms with Crippen molar-refractivity contribution in [1.29, 1.82) is 0 Å². The van der Waals surface area contributed by atoms with Gasteiger partial charge in [-0.2, -0.15) is 11.8 Å². The zero-order chi connectivity index (χ0) is 6.32. The number of hydrogen-bond acceptors (Lipinski definition) is 1. The molecule has 0 bridgehead atoms. The molecule has 0 N–H and O–H groups in total. The molecule has 2 aliphatic rings. The third-order valence-electron chi connectivity index (χ3n) is 2.67. The van der Waals surface area contributed by atoms with Crippen LogP contribution in [0.3, 0.4) is 0 Å². The molecule has 50 valence electrons. The van der Waals surface area contributed by atoms with Crippen LogP contribution in [0.15, 0.2) is 12.7 Å². The Morgan fingerprint density at radius 1 is 1.67 bits per heavy atom. The van der Waals surface area contributed by atoms with Crippen molar-refractivity contribution in [3.8, 4) is 0 Å². The molecule has 0 nitrogen and oxygen atoms in total. The number of hydrogen-bond donors (Lipinski definition) is 0. The molecule has 2 atom stereocenters. The van der Waals surface area contributed by atoms with Crippen molar-refractivity contribution >= 4 is 11.8 Å². The number of thioether (sulfide) groups is 1. The summed E-state index contributed by atoms with van der Waals surface area (Å²) >= 11 is 2.11. The monoisotopic (exact) mass is 140 g/mol. The van der Waals surface area contributed by atoms with Gasteiger partial charge in [-0.15, -0.1) is 6.58 Å². The maximum absolute atomic E-state index is 3.83. The highest BCUT2D eigenvalue weighted by molar-refractivity contribution is 7.99. The van der Waals surface area contributed by atoms with E-state index in [0.29, 0.717) is 0 Å². The molecular formula is C8H12S. The lowest BCUT2D eigenvalue weighted by molar-refractivity contribution is 0.556. The zero-order valence-corrected chi connectivity index (χ0v) is 6.41. The second-order valence-corrected chi connectivity index (χ2v) is 4.32. The Labute approximate surface area is 60.7 Å². The first-order chi connectivity index (χ1) is 4.37.